The fraction of sp³-hybridized carbons (Fsp3) is 0.632. The van der Waals surface area contributed by atoms with Gasteiger partial charge in [0, 0.05) is 30.8 Å². The van der Waals surface area contributed by atoms with Crippen molar-refractivity contribution in [3.63, 3.8) is 0 Å². The summed E-state index contributed by atoms with van der Waals surface area (Å²) in [6, 6.07) is 6.11. The molecule has 1 amide bonds. The Bertz CT molecular complexity index is 587. The van der Waals surface area contributed by atoms with E-state index in [9.17, 15) is 4.79 Å². The Kier molecular flexibility index (Phi) is 6.15. The van der Waals surface area contributed by atoms with E-state index in [1.807, 2.05) is 18.2 Å². The minimum absolute atomic E-state index is 0.0647. The molecule has 2 aliphatic heterocycles. The summed E-state index contributed by atoms with van der Waals surface area (Å²) in [5.74, 6) is 1.66. The fourth-order valence-electron chi connectivity index (χ4n) is 3.73. The van der Waals surface area contributed by atoms with E-state index in [2.05, 4.69) is 10.2 Å². The zero-order chi connectivity index (χ0) is 17.6. The Morgan fingerprint density at radius 3 is 2.88 bits per heavy atom. The number of hydrogen-bond acceptors (Lipinski definition) is 5. The first kappa shape index (κ1) is 18.0. The number of nitrogens with zero attached hydrogens (tertiary/aromatic N) is 1. The van der Waals surface area contributed by atoms with Gasteiger partial charge in [0.05, 0.1) is 26.9 Å². The van der Waals surface area contributed by atoms with Crippen molar-refractivity contribution in [3.8, 4) is 11.5 Å². The summed E-state index contributed by atoms with van der Waals surface area (Å²) in [6.07, 6.45) is 4.42. The van der Waals surface area contributed by atoms with Gasteiger partial charge in [0.25, 0.3) is 0 Å². The molecule has 25 heavy (non-hydrogen) atoms. The van der Waals surface area contributed by atoms with E-state index in [0.717, 1.165) is 55.9 Å². The van der Waals surface area contributed by atoms with Crippen LogP contribution >= 0.6 is 0 Å². The Morgan fingerprint density at radius 1 is 1.28 bits per heavy atom. The summed E-state index contributed by atoms with van der Waals surface area (Å²) in [5, 5.41) is 3.01. The molecule has 6 nitrogen and oxygen atoms in total. The van der Waals surface area contributed by atoms with Crippen LogP contribution in [0.4, 0.5) is 0 Å². The summed E-state index contributed by atoms with van der Waals surface area (Å²) in [7, 11) is 3.32. The molecular weight excluding hydrogens is 320 g/mol. The standard InChI is InChI=1S/C19H28N2O4/c1-23-14-7-8-16(18(11-14)24-2)17-6-3-9-21(17)13-19(22)20-12-15-5-4-10-25-15/h7-8,11,15,17H,3-6,9-10,12-13H2,1-2H3,(H,20,22)/t15-,17+/m0/s1. The van der Waals surface area contributed by atoms with Gasteiger partial charge in [-0.3, -0.25) is 9.69 Å². The number of benzene rings is 1. The number of likely N-dealkylation sites (tertiary alicyclic amines) is 1. The van der Waals surface area contributed by atoms with Gasteiger partial charge in [-0.15, -0.1) is 0 Å². The Labute approximate surface area is 149 Å². The van der Waals surface area contributed by atoms with Crippen LogP contribution in [-0.2, 0) is 9.53 Å². The molecule has 0 radical (unpaired) electrons. The van der Waals surface area contributed by atoms with Gasteiger partial charge in [-0.05, 0) is 38.3 Å². The van der Waals surface area contributed by atoms with Gasteiger partial charge >= 0.3 is 0 Å². The van der Waals surface area contributed by atoms with Crippen molar-refractivity contribution in [1.29, 1.82) is 0 Å². The molecule has 0 saturated carbocycles. The van der Waals surface area contributed by atoms with E-state index < -0.39 is 0 Å². The van der Waals surface area contributed by atoms with Gasteiger partial charge in [0.15, 0.2) is 0 Å². The number of rotatable bonds is 7. The van der Waals surface area contributed by atoms with E-state index in [1.165, 1.54) is 0 Å². The number of amides is 1. The van der Waals surface area contributed by atoms with Crippen molar-refractivity contribution in [2.75, 3.05) is 40.5 Å². The Hall–Kier alpha value is -1.79. The molecular formula is C19H28N2O4. The highest BCUT2D eigenvalue weighted by molar-refractivity contribution is 5.78. The number of ether oxygens (including phenoxy) is 3. The molecule has 2 aliphatic rings. The highest BCUT2D eigenvalue weighted by Gasteiger charge is 2.30. The van der Waals surface area contributed by atoms with E-state index in [-0.39, 0.29) is 18.1 Å². The Balaban J connectivity index is 1.61. The maximum absolute atomic E-state index is 12.3. The van der Waals surface area contributed by atoms with Crippen LogP contribution in [0.2, 0.25) is 0 Å². The lowest BCUT2D eigenvalue weighted by molar-refractivity contribution is -0.123. The molecule has 0 bridgehead atoms. The quantitative estimate of drug-likeness (QED) is 0.818. The van der Waals surface area contributed by atoms with E-state index in [1.54, 1.807) is 14.2 Å². The lowest BCUT2D eigenvalue weighted by Gasteiger charge is -2.26. The van der Waals surface area contributed by atoms with Crippen LogP contribution in [0.15, 0.2) is 18.2 Å². The number of methoxy groups -OCH3 is 2. The lowest BCUT2D eigenvalue weighted by atomic mass is 10.0. The van der Waals surface area contributed by atoms with Gasteiger partial charge in [-0.25, -0.2) is 0 Å². The second-order valence-electron chi connectivity index (χ2n) is 6.68. The van der Waals surface area contributed by atoms with Gasteiger partial charge in [0.1, 0.15) is 11.5 Å². The van der Waals surface area contributed by atoms with Crippen LogP contribution < -0.4 is 14.8 Å². The number of hydrogen-bond donors (Lipinski definition) is 1. The minimum Gasteiger partial charge on any atom is -0.497 e. The summed E-state index contributed by atoms with van der Waals surface area (Å²) >= 11 is 0. The third-order valence-electron chi connectivity index (χ3n) is 5.06. The monoisotopic (exact) mass is 348 g/mol. The second kappa shape index (κ2) is 8.54. The molecule has 138 valence electrons. The smallest absolute Gasteiger partial charge is 0.234 e. The zero-order valence-electron chi connectivity index (χ0n) is 15.1. The first-order valence-electron chi connectivity index (χ1n) is 9.05. The van der Waals surface area contributed by atoms with Crippen LogP contribution in [0.25, 0.3) is 0 Å². The molecule has 2 saturated heterocycles. The van der Waals surface area contributed by atoms with Gasteiger partial charge in [-0.2, -0.15) is 0 Å². The molecule has 2 heterocycles. The largest absolute Gasteiger partial charge is 0.497 e. The van der Waals surface area contributed by atoms with Crippen molar-refractivity contribution in [2.24, 2.45) is 0 Å². The van der Waals surface area contributed by atoms with Crippen molar-refractivity contribution < 1.29 is 19.0 Å². The van der Waals surface area contributed by atoms with Crippen molar-refractivity contribution >= 4 is 5.91 Å². The van der Waals surface area contributed by atoms with Crippen LogP contribution in [-0.4, -0.2) is 57.4 Å². The molecule has 0 spiro atoms. The predicted octanol–water partition coefficient (Wildman–Crippen LogP) is 2.14. The summed E-state index contributed by atoms with van der Waals surface area (Å²) in [5.41, 5.74) is 1.12. The highest BCUT2D eigenvalue weighted by atomic mass is 16.5. The summed E-state index contributed by atoms with van der Waals surface area (Å²) in [6.45, 7) is 2.76. The van der Waals surface area contributed by atoms with Crippen molar-refractivity contribution in [3.05, 3.63) is 23.8 Å². The first-order chi connectivity index (χ1) is 12.2. The predicted molar refractivity (Wildman–Crippen MR) is 95.1 cm³/mol. The zero-order valence-corrected chi connectivity index (χ0v) is 15.1. The molecule has 0 aliphatic carbocycles. The third kappa shape index (κ3) is 4.44. The minimum atomic E-state index is 0.0647. The number of carbonyl (C=O) groups is 1. The van der Waals surface area contributed by atoms with Gasteiger partial charge < -0.3 is 19.5 Å². The molecule has 1 aromatic rings. The van der Waals surface area contributed by atoms with E-state index >= 15 is 0 Å². The average molecular weight is 348 g/mol. The molecule has 1 aromatic carbocycles. The molecule has 6 heteroatoms. The topological polar surface area (TPSA) is 60.0 Å². The van der Waals surface area contributed by atoms with Crippen molar-refractivity contribution in [2.45, 2.75) is 37.8 Å². The molecule has 2 atom stereocenters. The summed E-state index contributed by atoms with van der Waals surface area (Å²) in [4.78, 5) is 14.6. The fourth-order valence-corrected chi connectivity index (χ4v) is 3.73. The number of nitrogens with one attached hydrogen (secondary N) is 1. The van der Waals surface area contributed by atoms with Crippen LogP contribution in [0, 0.1) is 0 Å². The molecule has 0 unspecified atom stereocenters. The van der Waals surface area contributed by atoms with Gasteiger partial charge in [-0.1, -0.05) is 6.07 Å². The first-order valence-corrected chi connectivity index (χ1v) is 9.05. The third-order valence-corrected chi connectivity index (χ3v) is 5.06. The normalized spacial score (nSPS) is 23.6. The SMILES string of the molecule is COc1ccc([C@H]2CCCN2CC(=O)NC[C@@H]2CCCO2)c(OC)c1. The van der Waals surface area contributed by atoms with Crippen LogP contribution in [0.3, 0.4) is 0 Å². The van der Waals surface area contributed by atoms with Crippen molar-refractivity contribution in [1.82, 2.24) is 10.2 Å². The van der Waals surface area contributed by atoms with Crippen LogP contribution in [0.1, 0.15) is 37.3 Å². The highest BCUT2D eigenvalue weighted by Crippen LogP contribution is 2.38. The van der Waals surface area contributed by atoms with Gasteiger partial charge in [0.2, 0.25) is 5.91 Å². The number of carbonyl (C=O) groups excluding carboxylic acids is 1. The van der Waals surface area contributed by atoms with E-state index in [4.69, 9.17) is 14.2 Å². The molecule has 0 aromatic heterocycles. The molecule has 2 fully saturated rings. The second-order valence-corrected chi connectivity index (χ2v) is 6.68. The average Bonchev–Trinajstić information content (AvgIpc) is 3.31. The maximum atomic E-state index is 12.3. The van der Waals surface area contributed by atoms with Crippen LogP contribution in [0.5, 0.6) is 11.5 Å². The molecule has 1 N–H and O–H groups in total. The lowest BCUT2D eigenvalue weighted by Crippen LogP contribution is -2.40. The maximum Gasteiger partial charge on any atom is 0.234 e. The van der Waals surface area contributed by atoms with E-state index in [0.29, 0.717) is 13.1 Å². The Morgan fingerprint density at radius 2 is 2.16 bits per heavy atom. The molecule has 3 rings (SSSR count). The summed E-state index contributed by atoms with van der Waals surface area (Å²) < 4.78 is 16.4.